The lowest BCUT2D eigenvalue weighted by Gasteiger charge is -2.25. The first-order valence-corrected chi connectivity index (χ1v) is 8.19. The highest BCUT2D eigenvalue weighted by Gasteiger charge is 2.20. The second-order valence-corrected chi connectivity index (χ2v) is 6.19. The molecule has 1 aliphatic rings. The molecule has 1 aromatic heterocycles. The molecule has 1 amide bonds. The van der Waals surface area contributed by atoms with Gasteiger partial charge in [0.1, 0.15) is 11.5 Å². The van der Waals surface area contributed by atoms with Gasteiger partial charge in [0.05, 0.1) is 19.9 Å². The molecule has 0 fully saturated rings. The zero-order valence-electron chi connectivity index (χ0n) is 14.1. The van der Waals surface area contributed by atoms with E-state index in [2.05, 4.69) is 10.4 Å². The number of aryl methyl sites for hydroxylation is 2. The molecule has 3 rings (SSSR count). The zero-order valence-corrected chi connectivity index (χ0v) is 14.1. The van der Waals surface area contributed by atoms with Gasteiger partial charge in [0, 0.05) is 37.7 Å². The van der Waals surface area contributed by atoms with Gasteiger partial charge in [-0.25, -0.2) is 0 Å². The van der Waals surface area contributed by atoms with Gasteiger partial charge < -0.3 is 14.8 Å². The van der Waals surface area contributed by atoms with Gasteiger partial charge in [0.2, 0.25) is 5.91 Å². The normalized spacial score (nSPS) is 16.2. The van der Waals surface area contributed by atoms with Gasteiger partial charge in [0.15, 0.2) is 0 Å². The predicted molar refractivity (Wildman–Crippen MR) is 90.3 cm³/mol. The largest absolute Gasteiger partial charge is 0.497 e. The van der Waals surface area contributed by atoms with Crippen LogP contribution in [0.5, 0.6) is 11.5 Å². The van der Waals surface area contributed by atoms with Gasteiger partial charge in [-0.3, -0.25) is 9.48 Å². The molecule has 0 saturated carbocycles. The third-order valence-electron chi connectivity index (χ3n) is 4.18. The van der Waals surface area contributed by atoms with E-state index in [4.69, 9.17) is 9.47 Å². The number of benzene rings is 1. The molecule has 24 heavy (non-hydrogen) atoms. The highest BCUT2D eigenvalue weighted by atomic mass is 16.5. The number of ether oxygens (including phenoxy) is 2. The van der Waals surface area contributed by atoms with Crippen molar-refractivity contribution in [1.82, 2.24) is 15.1 Å². The number of fused-ring (bicyclic) bond motifs is 1. The number of rotatable bonds is 6. The quantitative estimate of drug-likeness (QED) is 0.880. The highest BCUT2D eigenvalue weighted by Crippen LogP contribution is 2.30. The number of amides is 1. The Balaban J connectivity index is 1.44. The van der Waals surface area contributed by atoms with Crippen LogP contribution in [0, 0.1) is 12.8 Å². The summed E-state index contributed by atoms with van der Waals surface area (Å²) in [6, 6.07) is 5.88. The number of hydrogen-bond donors (Lipinski definition) is 1. The monoisotopic (exact) mass is 329 g/mol. The third kappa shape index (κ3) is 4.07. The van der Waals surface area contributed by atoms with E-state index in [0.29, 0.717) is 32.0 Å². The summed E-state index contributed by atoms with van der Waals surface area (Å²) < 4.78 is 12.8. The molecule has 0 bridgehead atoms. The summed E-state index contributed by atoms with van der Waals surface area (Å²) in [6.07, 6.45) is 5.07. The molecule has 2 aromatic rings. The Morgan fingerprint density at radius 1 is 1.50 bits per heavy atom. The van der Waals surface area contributed by atoms with Gasteiger partial charge in [-0.2, -0.15) is 5.10 Å². The Kier molecular flexibility index (Phi) is 5.03. The average molecular weight is 329 g/mol. The van der Waals surface area contributed by atoms with Crippen molar-refractivity contribution in [3.05, 3.63) is 41.7 Å². The Labute approximate surface area is 141 Å². The van der Waals surface area contributed by atoms with Crippen LogP contribution >= 0.6 is 0 Å². The van der Waals surface area contributed by atoms with Gasteiger partial charge in [-0.05, 0) is 30.5 Å². The van der Waals surface area contributed by atoms with Gasteiger partial charge >= 0.3 is 0 Å². The molecule has 0 saturated heterocycles. The lowest BCUT2D eigenvalue weighted by Crippen LogP contribution is -2.35. The molecule has 6 heteroatoms. The van der Waals surface area contributed by atoms with E-state index in [-0.39, 0.29) is 5.91 Å². The van der Waals surface area contributed by atoms with Gasteiger partial charge in [-0.15, -0.1) is 0 Å². The van der Waals surface area contributed by atoms with Crippen molar-refractivity contribution >= 4 is 5.91 Å². The molecular formula is C18H23N3O3. The van der Waals surface area contributed by atoms with Crippen LogP contribution in [0.2, 0.25) is 0 Å². The first kappa shape index (κ1) is 16.4. The second kappa shape index (κ2) is 7.38. The maximum atomic E-state index is 12.0. The SMILES string of the molecule is COc1ccc2c(c1)OC[C@@H](CNC(=O)CCn1cc(C)cn1)C2. The molecule has 0 unspecified atom stereocenters. The van der Waals surface area contributed by atoms with Crippen LogP contribution in [0.4, 0.5) is 0 Å². The molecule has 1 aromatic carbocycles. The molecular weight excluding hydrogens is 306 g/mol. The Morgan fingerprint density at radius 3 is 3.12 bits per heavy atom. The van der Waals surface area contributed by atoms with E-state index in [9.17, 15) is 4.79 Å². The lowest BCUT2D eigenvalue weighted by molar-refractivity contribution is -0.121. The molecule has 1 aliphatic heterocycles. The first-order chi connectivity index (χ1) is 11.6. The topological polar surface area (TPSA) is 65.4 Å². The summed E-state index contributed by atoms with van der Waals surface area (Å²) in [5.41, 5.74) is 2.26. The van der Waals surface area contributed by atoms with Crippen molar-refractivity contribution in [2.75, 3.05) is 20.3 Å². The Bertz CT molecular complexity index is 711. The van der Waals surface area contributed by atoms with E-state index in [1.54, 1.807) is 18.0 Å². The van der Waals surface area contributed by atoms with Crippen LogP contribution in [0.1, 0.15) is 17.5 Å². The summed E-state index contributed by atoms with van der Waals surface area (Å²) in [4.78, 5) is 12.0. The minimum Gasteiger partial charge on any atom is -0.497 e. The lowest BCUT2D eigenvalue weighted by atomic mass is 9.96. The fourth-order valence-electron chi connectivity index (χ4n) is 2.83. The maximum Gasteiger partial charge on any atom is 0.221 e. The molecule has 2 heterocycles. The highest BCUT2D eigenvalue weighted by molar-refractivity contribution is 5.75. The number of nitrogens with one attached hydrogen (secondary N) is 1. The minimum atomic E-state index is 0.0451. The number of methoxy groups -OCH3 is 1. The van der Waals surface area contributed by atoms with Crippen LogP contribution in [-0.4, -0.2) is 35.9 Å². The smallest absolute Gasteiger partial charge is 0.221 e. The number of aromatic nitrogens is 2. The molecule has 128 valence electrons. The predicted octanol–water partition coefficient (Wildman–Crippen LogP) is 1.96. The summed E-state index contributed by atoms with van der Waals surface area (Å²) in [5, 5.41) is 7.18. The molecule has 1 N–H and O–H groups in total. The van der Waals surface area contributed by atoms with Crippen LogP contribution in [0.25, 0.3) is 0 Å². The number of carbonyl (C=O) groups excluding carboxylic acids is 1. The minimum absolute atomic E-state index is 0.0451. The van der Waals surface area contributed by atoms with E-state index >= 15 is 0 Å². The van der Waals surface area contributed by atoms with Crippen LogP contribution in [0.15, 0.2) is 30.6 Å². The van der Waals surface area contributed by atoms with E-state index in [0.717, 1.165) is 29.0 Å². The Hall–Kier alpha value is -2.50. The van der Waals surface area contributed by atoms with E-state index in [1.165, 1.54) is 0 Å². The first-order valence-electron chi connectivity index (χ1n) is 8.19. The number of carbonyl (C=O) groups is 1. The summed E-state index contributed by atoms with van der Waals surface area (Å²) >= 11 is 0. The van der Waals surface area contributed by atoms with Crippen molar-refractivity contribution in [2.24, 2.45) is 5.92 Å². The second-order valence-electron chi connectivity index (χ2n) is 6.19. The van der Waals surface area contributed by atoms with Crippen LogP contribution in [0.3, 0.4) is 0 Å². The Morgan fingerprint density at radius 2 is 2.38 bits per heavy atom. The molecule has 0 aliphatic carbocycles. The van der Waals surface area contributed by atoms with Crippen LogP contribution < -0.4 is 14.8 Å². The van der Waals surface area contributed by atoms with Gasteiger partial charge in [-0.1, -0.05) is 6.07 Å². The third-order valence-corrected chi connectivity index (χ3v) is 4.18. The van der Waals surface area contributed by atoms with Crippen molar-refractivity contribution in [2.45, 2.75) is 26.3 Å². The van der Waals surface area contributed by atoms with E-state index < -0.39 is 0 Å². The fraction of sp³-hybridized carbons (Fsp3) is 0.444. The van der Waals surface area contributed by atoms with Crippen molar-refractivity contribution in [3.63, 3.8) is 0 Å². The van der Waals surface area contributed by atoms with Crippen molar-refractivity contribution in [1.29, 1.82) is 0 Å². The summed E-state index contributed by atoms with van der Waals surface area (Å²) in [7, 11) is 1.65. The summed E-state index contributed by atoms with van der Waals surface area (Å²) in [5.74, 6) is 2.02. The van der Waals surface area contributed by atoms with Crippen molar-refractivity contribution in [3.8, 4) is 11.5 Å². The molecule has 1 atom stereocenters. The van der Waals surface area contributed by atoms with Crippen LogP contribution in [-0.2, 0) is 17.8 Å². The molecule has 0 spiro atoms. The van der Waals surface area contributed by atoms with Crippen molar-refractivity contribution < 1.29 is 14.3 Å². The molecule has 6 nitrogen and oxygen atoms in total. The van der Waals surface area contributed by atoms with Gasteiger partial charge in [0.25, 0.3) is 0 Å². The number of nitrogens with zero attached hydrogens (tertiary/aromatic N) is 2. The number of hydrogen-bond acceptors (Lipinski definition) is 4. The fourth-order valence-corrected chi connectivity index (χ4v) is 2.83. The van der Waals surface area contributed by atoms with E-state index in [1.807, 2.05) is 31.3 Å². The molecule has 0 radical (unpaired) electrons. The maximum absolute atomic E-state index is 12.0. The summed E-state index contributed by atoms with van der Waals surface area (Å²) in [6.45, 7) is 3.82. The standard InChI is InChI=1S/C18H23N3O3/c1-13-9-20-21(11-13)6-5-18(22)19-10-14-7-15-3-4-16(23-2)8-17(15)24-12-14/h3-4,8-9,11,14H,5-7,10,12H2,1-2H3,(H,19,22)/t14-/m1/s1. The average Bonchev–Trinajstić information content (AvgIpc) is 3.02. The zero-order chi connectivity index (χ0) is 16.9.